The van der Waals surface area contributed by atoms with Crippen LogP contribution in [0.25, 0.3) is 0 Å². The molecule has 1 fully saturated rings. The minimum absolute atomic E-state index is 0.0770. The molecule has 0 aromatic carbocycles. The number of nitrogens with zero attached hydrogens (tertiary/aromatic N) is 2. The van der Waals surface area contributed by atoms with Crippen LogP contribution in [0.15, 0.2) is 17.5 Å². The van der Waals surface area contributed by atoms with E-state index in [-0.39, 0.29) is 17.9 Å². The summed E-state index contributed by atoms with van der Waals surface area (Å²) in [5, 5.41) is 8.71. The quantitative estimate of drug-likeness (QED) is 0.696. The van der Waals surface area contributed by atoms with Crippen LogP contribution < -0.4 is 10.6 Å². The Balaban J connectivity index is 1.72. The molecule has 1 aliphatic rings. The molecule has 0 radical (unpaired) electrons. The maximum absolute atomic E-state index is 12.4. The first kappa shape index (κ1) is 19.7. The summed E-state index contributed by atoms with van der Waals surface area (Å²) >= 11 is 1.50. The van der Waals surface area contributed by atoms with Crippen LogP contribution in [0.4, 0.5) is 9.80 Å². The Morgan fingerprint density at radius 3 is 2.84 bits per heavy atom. The molecule has 1 unspecified atom stereocenters. The number of hydrogen-bond acceptors (Lipinski definition) is 4. The minimum Gasteiger partial charge on any atom is -0.356 e. The van der Waals surface area contributed by atoms with E-state index in [0.29, 0.717) is 19.6 Å². The Bertz CT molecular complexity index is 531. The predicted molar refractivity (Wildman–Crippen MR) is 103 cm³/mol. The molecule has 2 rings (SSSR count). The summed E-state index contributed by atoms with van der Waals surface area (Å²) in [7, 11) is 0. The predicted octanol–water partition coefficient (Wildman–Crippen LogP) is 2.84. The normalized spacial score (nSPS) is 17.6. The standard InChI is InChI=1S/C18H30N4O2S/c1-3-21(4-2)11-7-10-19-17(23)15-8-5-12-22(14-15)18(24)20-16-9-6-13-25-16/h6,9,13,15H,3-5,7-8,10-12,14H2,1-2H3,(H,19,23)(H,20,24). The lowest BCUT2D eigenvalue weighted by molar-refractivity contribution is -0.126. The number of amides is 3. The third-order valence-electron chi connectivity index (χ3n) is 4.68. The van der Waals surface area contributed by atoms with Crippen LogP contribution in [0.3, 0.4) is 0 Å². The zero-order valence-corrected chi connectivity index (χ0v) is 16.1. The highest BCUT2D eigenvalue weighted by molar-refractivity contribution is 7.14. The molecule has 0 aliphatic carbocycles. The van der Waals surface area contributed by atoms with Crippen molar-refractivity contribution in [2.75, 3.05) is 44.6 Å². The molecular formula is C18H30N4O2S. The maximum Gasteiger partial charge on any atom is 0.322 e. The van der Waals surface area contributed by atoms with Crippen molar-refractivity contribution in [2.24, 2.45) is 5.92 Å². The van der Waals surface area contributed by atoms with E-state index in [0.717, 1.165) is 43.9 Å². The van der Waals surface area contributed by atoms with Crippen LogP contribution in [0.1, 0.15) is 33.1 Å². The molecular weight excluding hydrogens is 336 g/mol. The molecule has 0 bridgehead atoms. The number of carbonyl (C=O) groups is 2. The number of anilines is 1. The average Bonchev–Trinajstić information content (AvgIpc) is 3.14. The lowest BCUT2D eigenvalue weighted by Gasteiger charge is -2.32. The molecule has 1 atom stereocenters. The van der Waals surface area contributed by atoms with Crippen molar-refractivity contribution >= 4 is 28.3 Å². The molecule has 1 aromatic rings. The van der Waals surface area contributed by atoms with Gasteiger partial charge >= 0.3 is 6.03 Å². The van der Waals surface area contributed by atoms with Gasteiger partial charge in [-0.25, -0.2) is 4.79 Å². The maximum atomic E-state index is 12.4. The number of piperidine rings is 1. The topological polar surface area (TPSA) is 64.7 Å². The largest absolute Gasteiger partial charge is 0.356 e. The second-order valence-electron chi connectivity index (χ2n) is 6.36. The van der Waals surface area contributed by atoms with Gasteiger partial charge in [0.2, 0.25) is 5.91 Å². The van der Waals surface area contributed by atoms with Crippen molar-refractivity contribution in [1.82, 2.24) is 15.1 Å². The van der Waals surface area contributed by atoms with Crippen LogP contribution in [0.2, 0.25) is 0 Å². The van der Waals surface area contributed by atoms with Gasteiger partial charge in [0.1, 0.15) is 0 Å². The molecule has 1 saturated heterocycles. The van der Waals surface area contributed by atoms with E-state index in [1.165, 1.54) is 11.3 Å². The summed E-state index contributed by atoms with van der Waals surface area (Å²) in [6.45, 7) is 9.31. The lowest BCUT2D eigenvalue weighted by Crippen LogP contribution is -2.47. The van der Waals surface area contributed by atoms with Gasteiger partial charge in [-0.05, 0) is 56.4 Å². The first-order valence-corrected chi connectivity index (χ1v) is 10.1. The summed E-state index contributed by atoms with van der Waals surface area (Å²) in [4.78, 5) is 28.8. The van der Waals surface area contributed by atoms with Crippen LogP contribution >= 0.6 is 11.3 Å². The molecule has 25 heavy (non-hydrogen) atoms. The van der Waals surface area contributed by atoms with Crippen molar-refractivity contribution in [3.05, 3.63) is 17.5 Å². The number of hydrogen-bond donors (Lipinski definition) is 2. The molecule has 2 heterocycles. The third kappa shape index (κ3) is 6.32. The number of thiophene rings is 1. The first-order chi connectivity index (χ1) is 12.1. The monoisotopic (exact) mass is 366 g/mol. The molecule has 2 N–H and O–H groups in total. The van der Waals surface area contributed by atoms with Crippen molar-refractivity contribution in [3.8, 4) is 0 Å². The Morgan fingerprint density at radius 1 is 1.36 bits per heavy atom. The molecule has 3 amide bonds. The van der Waals surface area contributed by atoms with Gasteiger partial charge in [-0.15, -0.1) is 11.3 Å². The number of nitrogens with one attached hydrogen (secondary N) is 2. The Kier molecular flexibility index (Phi) is 8.21. The third-order valence-corrected chi connectivity index (χ3v) is 5.46. The van der Waals surface area contributed by atoms with Gasteiger partial charge < -0.3 is 15.1 Å². The second kappa shape index (κ2) is 10.4. The number of likely N-dealkylation sites (tertiary alicyclic amines) is 1. The first-order valence-electron chi connectivity index (χ1n) is 9.23. The van der Waals surface area contributed by atoms with Crippen LogP contribution in [-0.4, -0.2) is 61.0 Å². The van der Waals surface area contributed by atoms with Gasteiger partial charge in [0.25, 0.3) is 0 Å². The highest BCUT2D eigenvalue weighted by Crippen LogP contribution is 2.20. The molecule has 0 spiro atoms. The zero-order valence-electron chi connectivity index (χ0n) is 15.3. The summed E-state index contributed by atoms with van der Waals surface area (Å²) in [5.41, 5.74) is 0. The fourth-order valence-electron chi connectivity index (χ4n) is 3.11. The van der Waals surface area contributed by atoms with E-state index in [4.69, 9.17) is 0 Å². The van der Waals surface area contributed by atoms with Gasteiger partial charge in [0, 0.05) is 19.6 Å². The Hall–Kier alpha value is -1.60. The second-order valence-corrected chi connectivity index (χ2v) is 7.31. The fraction of sp³-hybridized carbons (Fsp3) is 0.667. The lowest BCUT2D eigenvalue weighted by atomic mass is 9.97. The van der Waals surface area contributed by atoms with Gasteiger partial charge in [0.15, 0.2) is 0 Å². The summed E-state index contributed by atoms with van der Waals surface area (Å²) in [6, 6.07) is 3.68. The molecule has 140 valence electrons. The van der Waals surface area contributed by atoms with Crippen LogP contribution in [0.5, 0.6) is 0 Å². The van der Waals surface area contributed by atoms with E-state index in [1.807, 2.05) is 17.5 Å². The van der Waals surface area contributed by atoms with Crippen molar-refractivity contribution in [1.29, 1.82) is 0 Å². The fourth-order valence-corrected chi connectivity index (χ4v) is 3.72. The number of rotatable bonds is 8. The van der Waals surface area contributed by atoms with Gasteiger partial charge in [-0.2, -0.15) is 0 Å². The summed E-state index contributed by atoms with van der Waals surface area (Å²) < 4.78 is 0. The number of carbonyl (C=O) groups excluding carboxylic acids is 2. The summed E-state index contributed by atoms with van der Waals surface area (Å²) in [5.74, 6) is -0.0236. The van der Waals surface area contributed by atoms with E-state index >= 15 is 0 Å². The van der Waals surface area contributed by atoms with Crippen LogP contribution in [0, 0.1) is 5.92 Å². The minimum atomic E-state index is -0.110. The highest BCUT2D eigenvalue weighted by atomic mass is 32.1. The molecule has 1 aliphatic heterocycles. The molecule has 7 heteroatoms. The van der Waals surface area contributed by atoms with E-state index in [1.54, 1.807) is 4.90 Å². The van der Waals surface area contributed by atoms with Gasteiger partial charge in [-0.1, -0.05) is 13.8 Å². The van der Waals surface area contributed by atoms with Crippen LogP contribution in [-0.2, 0) is 4.79 Å². The average molecular weight is 367 g/mol. The van der Waals surface area contributed by atoms with E-state index in [9.17, 15) is 9.59 Å². The zero-order chi connectivity index (χ0) is 18.1. The number of urea groups is 1. The highest BCUT2D eigenvalue weighted by Gasteiger charge is 2.28. The SMILES string of the molecule is CCN(CC)CCCNC(=O)C1CCCN(C(=O)Nc2cccs2)C1. The van der Waals surface area contributed by atoms with Gasteiger partial charge in [0.05, 0.1) is 10.9 Å². The molecule has 1 aromatic heterocycles. The van der Waals surface area contributed by atoms with Crippen molar-refractivity contribution in [3.63, 3.8) is 0 Å². The molecule has 6 nitrogen and oxygen atoms in total. The summed E-state index contributed by atoms with van der Waals surface area (Å²) in [6.07, 6.45) is 2.68. The van der Waals surface area contributed by atoms with Crippen molar-refractivity contribution < 1.29 is 9.59 Å². The van der Waals surface area contributed by atoms with E-state index in [2.05, 4.69) is 29.4 Å². The smallest absolute Gasteiger partial charge is 0.322 e. The molecule has 0 saturated carbocycles. The van der Waals surface area contributed by atoms with Crippen molar-refractivity contribution in [2.45, 2.75) is 33.1 Å². The Labute approximate surface area is 154 Å². The van der Waals surface area contributed by atoms with Gasteiger partial charge in [-0.3, -0.25) is 10.1 Å². The van der Waals surface area contributed by atoms with E-state index < -0.39 is 0 Å². The Morgan fingerprint density at radius 2 is 2.16 bits per heavy atom.